The molecule has 0 aromatic rings. The highest BCUT2D eigenvalue weighted by atomic mass is 28.4. The highest BCUT2D eigenvalue weighted by Crippen LogP contribution is 2.44. The molecular formula is C20H38N2O3Si. The maximum absolute atomic E-state index is 13.1. The zero-order valence-corrected chi connectivity index (χ0v) is 19.1. The van der Waals surface area contributed by atoms with E-state index in [1.807, 2.05) is 26.8 Å². The van der Waals surface area contributed by atoms with E-state index in [2.05, 4.69) is 51.1 Å². The lowest BCUT2D eigenvalue weighted by atomic mass is 9.92. The van der Waals surface area contributed by atoms with Gasteiger partial charge in [0.2, 0.25) is 11.8 Å². The van der Waals surface area contributed by atoms with Crippen LogP contribution in [0.1, 0.15) is 61.3 Å². The molecule has 0 aromatic heterocycles. The Morgan fingerprint density at radius 2 is 1.69 bits per heavy atom. The monoisotopic (exact) mass is 382 g/mol. The van der Waals surface area contributed by atoms with Crippen molar-refractivity contribution in [1.29, 1.82) is 0 Å². The Morgan fingerprint density at radius 1 is 1.15 bits per heavy atom. The Morgan fingerprint density at radius 3 is 2.08 bits per heavy atom. The highest BCUT2D eigenvalue weighted by molar-refractivity contribution is 6.74. The van der Waals surface area contributed by atoms with E-state index in [1.165, 1.54) is 6.92 Å². The van der Waals surface area contributed by atoms with Crippen LogP contribution >= 0.6 is 0 Å². The molecule has 0 aromatic carbocycles. The van der Waals surface area contributed by atoms with Gasteiger partial charge in [-0.2, -0.15) is 0 Å². The Balaban J connectivity index is 3.17. The molecule has 1 rings (SSSR count). The molecule has 150 valence electrons. The second-order valence-corrected chi connectivity index (χ2v) is 14.9. The number of amides is 2. The van der Waals surface area contributed by atoms with Crippen molar-refractivity contribution in [2.45, 2.75) is 96.6 Å². The number of hydrogen-bond acceptors (Lipinski definition) is 3. The fraction of sp³-hybridized carbons (Fsp3) is 0.800. The summed E-state index contributed by atoms with van der Waals surface area (Å²) in [6.07, 6.45) is 2.73. The molecule has 1 aliphatic rings. The normalized spacial score (nSPS) is 27.1. The van der Waals surface area contributed by atoms with Crippen LogP contribution in [0.3, 0.4) is 0 Å². The lowest BCUT2D eigenvalue weighted by Gasteiger charge is -2.40. The summed E-state index contributed by atoms with van der Waals surface area (Å²) in [5.41, 5.74) is -1.32. The number of rotatable bonds is 5. The minimum atomic E-state index is -2.00. The van der Waals surface area contributed by atoms with E-state index in [4.69, 9.17) is 4.43 Å². The molecule has 1 fully saturated rings. The SMILES string of the molecule is C=C[C@H]1C[C@@](NC(C)=O)(C(=O)NC(C)(C)C)C[C@@H]1O[Si](C)(C)C(C)(C)C. The molecule has 0 unspecified atom stereocenters. The molecule has 1 saturated carbocycles. The Hall–Kier alpha value is -1.14. The van der Waals surface area contributed by atoms with Crippen LogP contribution < -0.4 is 10.6 Å². The summed E-state index contributed by atoms with van der Waals surface area (Å²) < 4.78 is 6.62. The summed E-state index contributed by atoms with van der Waals surface area (Å²) in [7, 11) is -2.00. The molecule has 1 aliphatic carbocycles. The first kappa shape index (κ1) is 22.9. The molecule has 0 heterocycles. The lowest BCUT2D eigenvalue weighted by molar-refractivity contribution is -0.134. The third-order valence-electron chi connectivity index (χ3n) is 5.50. The van der Waals surface area contributed by atoms with Gasteiger partial charge in [0.05, 0.1) is 6.10 Å². The average molecular weight is 383 g/mol. The van der Waals surface area contributed by atoms with Crippen molar-refractivity contribution >= 4 is 20.1 Å². The standard InChI is InChI=1S/C20H38N2O3Si/c1-11-15-12-20(21-14(2)23,17(24)22-18(3,4)5)13-16(15)25-26(9,10)19(6,7)8/h11,15-16H,1,12-13H2,2-10H3,(H,21,23)(H,22,24)/t15-,16-,20-/m0/s1. The highest BCUT2D eigenvalue weighted by Gasteiger charge is 2.53. The van der Waals surface area contributed by atoms with E-state index in [0.29, 0.717) is 12.8 Å². The summed E-state index contributed by atoms with van der Waals surface area (Å²) in [5, 5.41) is 6.04. The Kier molecular flexibility index (Phi) is 6.58. The van der Waals surface area contributed by atoms with Gasteiger partial charge in [0, 0.05) is 24.8 Å². The van der Waals surface area contributed by atoms with Crippen LogP contribution in [0.15, 0.2) is 12.7 Å². The largest absolute Gasteiger partial charge is 0.413 e. The fourth-order valence-electron chi connectivity index (χ4n) is 3.17. The van der Waals surface area contributed by atoms with Gasteiger partial charge in [-0.15, -0.1) is 6.58 Å². The van der Waals surface area contributed by atoms with Gasteiger partial charge in [0.25, 0.3) is 0 Å². The van der Waals surface area contributed by atoms with Crippen LogP contribution in [0, 0.1) is 5.92 Å². The van der Waals surface area contributed by atoms with Gasteiger partial charge < -0.3 is 15.1 Å². The zero-order chi connectivity index (χ0) is 20.6. The molecule has 0 bridgehead atoms. The third-order valence-corrected chi connectivity index (χ3v) is 10.0. The van der Waals surface area contributed by atoms with Crippen LogP contribution in [0.2, 0.25) is 18.1 Å². The molecule has 0 spiro atoms. The first-order valence-electron chi connectivity index (χ1n) is 9.45. The van der Waals surface area contributed by atoms with Crippen LogP contribution in [-0.2, 0) is 14.0 Å². The van der Waals surface area contributed by atoms with E-state index < -0.39 is 13.9 Å². The predicted molar refractivity (Wildman–Crippen MR) is 109 cm³/mol. The van der Waals surface area contributed by atoms with Crippen molar-refractivity contribution in [3.63, 3.8) is 0 Å². The predicted octanol–water partition coefficient (Wildman–Crippen LogP) is 3.76. The minimum absolute atomic E-state index is 0.0293. The molecule has 3 atom stereocenters. The van der Waals surface area contributed by atoms with Gasteiger partial charge in [-0.25, -0.2) is 0 Å². The molecule has 0 aliphatic heterocycles. The summed E-state index contributed by atoms with van der Waals surface area (Å²) in [5.74, 6) is -0.320. The second-order valence-electron chi connectivity index (χ2n) is 10.2. The quantitative estimate of drug-likeness (QED) is 0.562. The van der Waals surface area contributed by atoms with E-state index >= 15 is 0 Å². The van der Waals surface area contributed by atoms with E-state index in [-0.39, 0.29) is 34.4 Å². The number of carbonyl (C=O) groups is 2. The van der Waals surface area contributed by atoms with Gasteiger partial charge in [-0.1, -0.05) is 26.8 Å². The van der Waals surface area contributed by atoms with Gasteiger partial charge in [0.1, 0.15) is 5.54 Å². The Bertz CT molecular complexity index is 560. The number of nitrogens with one attached hydrogen (secondary N) is 2. The van der Waals surface area contributed by atoms with Crippen LogP contribution in [0.4, 0.5) is 0 Å². The molecule has 0 saturated heterocycles. The number of carbonyl (C=O) groups excluding carboxylic acids is 2. The van der Waals surface area contributed by atoms with Gasteiger partial charge >= 0.3 is 0 Å². The maximum Gasteiger partial charge on any atom is 0.246 e. The second kappa shape index (κ2) is 7.47. The van der Waals surface area contributed by atoms with E-state index in [0.717, 1.165) is 0 Å². The Labute approximate surface area is 160 Å². The number of hydrogen-bond donors (Lipinski definition) is 2. The van der Waals surface area contributed by atoms with Gasteiger partial charge in [0.15, 0.2) is 8.32 Å². The molecule has 5 nitrogen and oxygen atoms in total. The van der Waals surface area contributed by atoms with Crippen molar-refractivity contribution in [3.8, 4) is 0 Å². The van der Waals surface area contributed by atoms with Crippen molar-refractivity contribution in [1.82, 2.24) is 10.6 Å². The van der Waals surface area contributed by atoms with Gasteiger partial charge in [-0.3, -0.25) is 9.59 Å². The first-order valence-corrected chi connectivity index (χ1v) is 12.4. The van der Waals surface area contributed by atoms with Crippen molar-refractivity contribution in [2.24, 2.45) is 5.92 Å². The fourth-order valence-corrected chi connectivity index (χ4v) is 4.54. The summed E-state index contributed by atoms with van der Waals surface area (Å²) >= 11 is 0. The van der Waals surface area contributed by atoms with Crippen molar-refractivity contribution in [2.75, 3.05) is 0 Å². The van der Waals surface area contributed by atoms with Gasteiger partial charge in [-0.05, 0) is 45.3 Å². The summed E-state index contributed by atoms with van der Waals surface area (Å²) in [6, 6.07) is 0. The topological polar surface area (TPSA) is 67.4 Å². The summed E-state index contributed by atoms with van der Waals surface area (Å²) in [6.45, 7) is 22.2. The minimum Gasteiger partial charge on any atom is -0.413 e. The van der Waals surface area contributed by atoms with E-state index in [1.54, 1.807) is 0 Å². The molecule has 2 amide bonds. The molecule has 2 N–H and O–H groups in total. The molecule has 0 radical (unpaired) electrons. The average Bonchev–Trinajstić information content (AvgIpc) is 2.73. The van der Waals surface area contributed by atoms with Crippen molar-refractivity contribution in [3.05, 3.63) is 12.7 Å². The maximum atomic E-state index is 13.1. The van der Waals surface area contributed by atoms with Crippen molar-refractivity contribution < 1.29 is 14.0 Å². The first-order chi connectivity index (χ1) is 11.5. The third kappa shape index (κ3) is 5.43. The smallest absolute Gasteiger partial charge is 0.246 e. The molecule has 26 heavy (non-hydrogen) atoms. The van der Waals surface area contributed by atoms with Crippen LogP contribution in [-0.4, -0.2) is 37.3 Å². The van der Waals surface area contributed by atoms with Crippen LogP contribution in [0.5, 0.6) is 0 Å². The summed E-state index contributed by atoms with van der Waals surface area (Å²) in [4.78, 5) is 25.0. The lowest BCUT2D eigenvalue weighted by Crippen LogP contribution is -2.60. The van der Waals surface area contributed by atoms with E-state index in [9.17, 15) is 9.59 Å². The molecular weight excluding hydrogens is 344 g/mol. The zero-order valence-electron chi connectivity index (χ0n) is 18.1. The molecule has 6 heteroatoms. The van der Waals surface area contributed by atoms with Crippen LogP contribution in [0.25, 0.3) is 0 Å².